The van der Waals surface area contributed by atoms with Crippen molar-refractivity contribution in [3.05, 3.63) is 81.1 Å². The van der Waals surface area contributed by atoms with Gasteiger partial charge in [-0.3, -0.25) is 4.68 Å². The van der Waals surface area contributed by atoms with Crippen LogP contribution in [0.25, 0.3) is 0 Å². The van der Waals surface area contributed by atoms with E-state index in [0.717, 1.165) is 62.4 Å². The second-order valence-corrected chi connectivity index (χ2v) is 14.3. The first kappa shape index (κ1) is 30.4. The molecule has 5 nitrogen and oxygen atoms in total. The number of sulfone groups is 1. The van der Waals surface area contributed by atoms with Crippen LogP contribution in [0.4, 0.5) is 13.2 Å². The Hall–Kier alpha value is -2.07. The molecule has 1 aliphatic heterocycles. The van der Waals surface area contributed by atoms with Crippen LogP contribution in [0.1, 0.15) is 73.9 Å². The second kappa shape index (κ2) is 11.5. The minimum absolute atomic E-state index is 0.126. The Labute approximate surface area is 249 Å². The third-order valence-corrected chi connectivity index (χ3v) is 12.2. The summed E-state index contributed by atoms with van der Waals surface area (Å²) >= 11 is 12.5. The summed E-state index contributed by atoms with van der Waals surface area (Å²) in [6.45, 7) is 6.82. The van der Waals surface area contributed by atoms with E-state index in [1.54, 1.807) is 18.2 Å². The van der Waals surface area contributed by atoms with E-state index in [1.807, 2.05) is 6.92 Å². The quantitative estimate of drug-likeness (QED) is 0.278. The van der Waals surface area contributed by atoms with Crippen LogP contribution in [0, 0.1) is 6.92 Å². The third-order valence-electron chi connectivity index (χ3n) is 8.91. The number of piperidine rings is 1. The van der Waals surface area contributed by atoms with Gasteiger partial charge in [0, 0.05) is 24.2 Å². The van der Waals surface area contributed by atoms with Crippen molar-refractivity contribution >= 4 is 33.0 Å². The molecule has 1 aromatic heterocycles. The van der Waals surface area contributed by atoms with Crippen molar-refractivity contribution in [3.63, 3.8) is 0 Å². The van der Waals surface area contributed by atoms with Crippen LogP contribution < -0.4 is 0 Å². The van der Waals surface area contributed by atoms with Gasteiger partial charge < -0.3 is 4.90 Å². The van der Waals surface area contributed by atoms with Gasteiger partial charge in [0.1, 0.15) is 4.75 Å². The number of hydrogen-bond acceptors (Lipinski definition) is 4. The molecule has 0 atom stereocenters. The molecule has 0 N–H and O–H groups in total. The molecule has 2 aliphatic rings. The molecule has 222 valence electrons. The normalized spacial score (nSPS) is 23.1. The summed E-state index contributed by atoms with van der Waals surface area (Å²) in [6.07, 6.45) is -0.550. The highest BCUT2D eigenvalue weighted by Gasteiger charge is 2.49. The molecule has 0 unspecified atom stereocenters. The molecule has 0 bridgehead atoms. The lowest BCUT2D eigenvalue weighted by molar-refractivity contribution is -0.137. The van der Waals surface area contributed by atoms with Crippen molar-refractivity contribution in [2.45, 2.75) is 86.7 Å². The van der Waals surface area contributed by atoms with E-state index in [0.29, 0.717) is 42.2 Å². The maximum Gasteiger partial charge on any atom is 0.416 e. The number of halogens is 5. The molecule has 2 heterocycles. The number of hydrogen-bond donors (Lipinski definition) is 0. The molecule has 2 fully saturated rings. The van der Waals surface area contributed by atoms with E-state index in [1.165, 1.54) is 5.69 Å². The highest BCUT2D eigenvalue weighted by Crippen LogP contribution is 2.49. The molecule has 1 aliphatic carbocycles. The van der Waals surface area contributed by atoms with Crippen molar-refractivity contribution in [3.8, 4) is 0 Å². The predicted octanol–water partition coefficient (Wildman–Crippen LogP) is 8.03. The van der Waals surface area contributed by atoms with Gasteiger partial charge in [-0.15, -0.1) is 0 Å². The SMILES string of the molecule is CCn1nc(C)cc1C1CCN(C2CCC(c3ccc(Cl)c(Cl)c3)(S(=O)(=O)c3ccc(C(F)(F)F)cc3)CC2)CC1. The zero-order chi connectivity index (χ0) is 29.6. The van der Waals surface area contributed by atoms with Crippen LogP contribution in [-0.4, -0.2) is 42.2 Å². The Balaban J connectivity index is 1.38. The molecular weight excluding hydrogens is 594 g/mol. The lowest BCUT2D eigenvalue weighted by atomic mass is 9.79. The summed E-state index contributed by atoms with van der Waals surface area (Å²) in [4.78, 5) is 2.35. The minimum atomic E-state index is -4.55. The van der Waals surface area contributed by atoms with Crippen LogP contribution in [0.2, 0.25) is 10.0 Å². The average molecular weight is 629 g/mol. The number of benzene rings is 2. The Morgan fingerprint density at radius 2 is 1.59 bits per heavy atom. The maximum absolute atomic E-state index is 14.2. The first-order valence-electron chi connectivity index (χ1n) is 14.0. The van der Waals surface area contributed by atoms with Gasteiger partial charge in [-0.2, -0.15) is 18.3 Å². The average Bonchev–Trinajstić information content (AvgIpc) is 3.35. The number of aryl methyl sites for hydroxylation is 2. The summed E-state index contributed by atoms with van der Waals surface area (Å²) in [6, 6.07) is 11.1. The Bertz CT molecular complexity index is 1490. The smallest absolute Gasteiger partial charge is 0.300 e. The van der Waals surface area contributed by atoms with Crippen molar-refractivity contribution in [1.82, 2.24) is 14.7 Å². The number of aromatic nitrogens is 2. The van der Waals surface area contributed by atoms with Gasteiger partial charge in [0.15, 0.2) is 9.84 Å². The maximum atomic E-state index is 14.2. The van der Waals surface area contributed by atoms with Crippen LogP contribution in [0.5, 0.6) is 0 Å². The van der Waals surface area contributed by atoms with Gasteiger partial charge in [-0.1, -0.05) is 29.3 Å². The van der Waals surface area contributed by atoms with E-state index in [4.69, 9.17) is 23.2 Å². The van der Waals surface area contributed by atoms with Crippen LogP contribution >= 0.6 is 23.2 Å². The van der Waals surface area contributed by atoms with Crippen LogP contribution in [0.3, 0.4) is 0 Å². The standard InChI is InChI=1S/C30H34Cl2F3N3O2S/c1-3-38-28(18-20(2)36-38)21-12-16-37(17-13-21)24-10-14-29(15-11-24,23-6-9-26(31)27(32)19-23)41(39,40)25-7-4-22(5-8-25)30(33,34)35/h4-9,18-19,21,24H,3,10-17H2,1-2H3. The molecule has 3 aromatic rings. The molecule has 5 rings (SSSR count). The van der Waals surface area contributed by atoms with E-state index in [9.17, 15) is 21.6 Å². The lowest BCUT2D eigenvalue weighted by Crippen LogP contribution is -2.48. The lowest BCUT2D eigenvalue weighted by Gasteiger charge is -2.45. The highest BCUT2D eigenvalue weighted by atomic mass is 35.5. The fraction of sp³-hybridized carbons (Fsp3) is 0.500. The molecule has 11 heteroatoms. The number of alkyl halides is 3. The zero-order valence-electron chi connectivity index (χ0n) is 23.1. The highest BCUT2D eigenvalue weighted by molar-refractivity contribution is 7.92. The minimum Gasteiger partial charge on any atom is -0.300 e. The largest absolute Gasteiger partial charge is 0.416 e. The molecular formula is C30H34Cl2F3N3O2S. The first-order chi connectivity index (χ1) is 19.4. The predicted molar refractivity (Wildman–Crippen MR) is 155 cm³/mol. The molecule has 0 spiro atoms. The number of nitrogens with zero attached hydrogens (tertiary/aromatic N) is 3. The molecule has 41 heavy (non-hydrogen) atoms. The summed E-state index contributed by atoms with van der Waals surface area (Å²) in [5, 5.41) is 5.17. The third kappa shape index (κ3) is 5.79. The van der Waals surface area contributed by atoms with Gasteiger partial charge in [0.2, 0.25) is 0 Å². The van der Waals surface area contributed by atoms with Gasteiger partial charge in [-0.05, 0) is 113 Å². The first-order valence-corrected chi connectivity index (χ1v) is 16.3. The zero-order valence-corrected chi connectivity index (χ0v) is 25.4. The van der Waals surface area contributed by atoms with Crippen molar-refractivity contribution in [2.75, 3.05) is 13.1 Å². The Kier molecular flexibility index (Phi) is 8.56. The second-order valence-electron chi connectivity index (χ2n) is 11.2. The molecule has 1 saturated heterocycles. The Morgan fingerprint density at radius 1 is 0.951 bits per heavy atom. The summed E-state index contributed by atoms with van der Waals surface area (Å²) in [5.74, 6) is 0.450. The number of rotatable bonds is 6. The summed E-state index contributed by atoms with van der Waals surface area (Å²) in [7, 11) is -4.07. The summed E-state index contributed by atoms with van der Waals surface area (Å²) < 4.78 is 68.8. The molecule has 0 amide bonds. The van der Waals surface area contributed by atoms with Crippen LogP contribution in [-0.2, 0) is 27.3 Å². The Morgan fingerprint density at radius 3 is 2.15 bits per heavy atom. The monoisotopic (exact) mass is 627 g/mol. The van der Waals surface area contributed by atoms with Gasteiger partial charge >= 0.3 is 6.18 Å². The van der Waals surface area contributed by atoms with Crippen molar-refractivity contribution < 1.29 is 21.6 Å². The van der Waals surface area contributed by atoms with Crippen molar-refractivity contribution in [1.29, 1.82) is 0 Å². The van der Waals surface area contributed by atoms with Crippen LogP contribution in [0.15, 0.2) is 53.4 Å². The van der Waals surface area contributed by atoms with Crippen molar-refractivity contribution in [2.24, 2.45) is 0 Å². The topological polar surface area (TPSA) is 55.2 Å². The van der Waals surface area contributed by atoms with E-state index in [-0.39, 0.29) is 16.0 Å². The van der Waals surface area contributed by atoms with E-state index >= 15 is 0 Å². The van der Waals surface area contributed by atoms with Gasteiger partial charge in [-0.25, -0.2) is 8.42 Å². The summed E-state index contributed by atoms with van der Waals surface area (Å²) in [5.41, 5.74) is 1.95. The van der Waals surface area contributed by atoms with E-state index < -0.39 is 26.3 Å². The fourth-order valence-corrected chi connectivity index (χ4v) is 9.14. The fourth-order valence-electron chi connectivity index (χ4n) is 6.68. The molecule has 0 radical (unpaired) electrons. The number of likely N-dealkylation sites (tertiary alicyclic amines) is 1. The van der Waals surface area contributed by atoms with E-state index in [2.05, 4.69) is 27.7 Å². The molecule has 2 aromatic carbocycles. The molecule has 1 saturated carbocycles. The van der Waals surface area contributed by atoms with Gasteiger partial charge in [0.05, 0.1) is 26.2 Å². The van der Waals surface area contributed by atoms with Gasteiger partial charge in [0.25, 0.3) is 0 Å².